The molecule has 1 aromatic rings. The first-order chi connectivity index (χ1) is 8.56. The molecule has 0 radical (unpaired) electrons. The van der Waals surface area contributed by atoms with E-state index in [1.807, 2.05) is 13.8 Å². The average Bonchev–Trinajstić information content (AvgIpc) is 2.88. The Balaban J connectivity index is 1.97. The Morgan fingerprint density at radius 1 is 1.44 bits per heavy atom. The molecule has 2 bridgehead atoms. The van der Waals surface area contributed by atoms with Crippen LogP contribution in [0.25, 0.3) is 0 Å². The fraction of sp³-hybridized carbons (Fsp3) is 0.692. The summed E-state index contributed by atoms with van der Waals surface area (Å²) in [5.74, 6) is 1.37. The third-order valence-electron chi connectivity index (χ3n) is 4.04. The quantitative estimate of drug-likeness (QED) is 0.832. The lowest BCUT2D eigenvalue weighted by molar-refractivity contribution is 0.0998. The number of ether oxygens (including phenoxy) is 1. The fourth-order valence-electron chi connectivity index (χ4n) is 3.18. The first-order valence-electron chi connectivity index (χ1n) is 6.61. The predicted octanol–water partition coefficient (Wildman–Crippen LogP) is 1.51. The van der Waals surface area contributed by atoms with Crippen molar-refractivity contribution >= 4 is 5.82 Å². The Labute approximate surface area is 106 Å². The second kappa shape index (κ2) is 4.09. The van der Waals surface area contributed by atoms with Crippen LogP contribution in [0, 0.1) is 0 Å². The Morgan fingerprint density at radius 3 is 2.72 bits per heavy atom. The number of anilines is 1. The molecule has 3 N–H and O–H groups in total. The van der Waals surface area contributed by atoms with Crippen molar-refractivity contribution in [2.75, 3.05) is 5.73 Å². The summed E-state index contributed by atoms with van der Waals surface area (Å²) in [7, 11) is 0. The molecular formula is C13H19N3O2. The van der Waals surface area contributed by atoms with Crippen LogP contribution in [0.3, 0.4) is 0 Å². The van der Waals surface area contributed by atoms with Gasteiger partial charge in [0, 0.05) is 5.92 Å². The summed E-state index contributed by atoms with van der Waals surface area (Å²) >= 11 is 0. The van der Waals surface area contributed by atoms with E-state index in [-0.39, 0.29) is 23.5 Å². The van der Waals surface area contributed by atoms with Gasteiger partial charge in [0.05, 0.1) is 17.8 Å². The van der Waals surface area contributed by atoms with Gasteiger partial charge in [0.25, 0.3) is 5.56 Å². The number of aromatic nitrogens is 2. The minimum Gasteiger partial charge on any atom is -0.383 e. The third kappa shape index (κ3) is 1.73. The van der Waals surface area contributed by atoms with E-state index in [0.717, 1.165) is 19.3 Å². The number of hydrogen-bond donors (Lipinski definition) is 2. The van der Waals surface area contributed by atoms with Crippen molar-refractivity contribution in [2.45, 2.75) is 57.2 Å². The minimum atomic E-state index is -0.102. The molecule has 2 saturated heterocycles. The maximum Gasteiger partial charge on any atom is 0.256 e. The van der Waals surface area contributed by atoms with Crippen molar-refractivity contribution in [3.63, 3.8) is 0 Å². The summed E-state index contributed by atoms with van der Waals surface area (Å²) in [4.78, 5) is 19.3. The molecule has 0 amide bonds. The van der Waals surface area contributed by atoms with Crippen molar-refractivity contribution in [2.24, 2.45) is 0 Å². The first-order valence-corrected chi connectivity index (χ1v) is 6.61. The van der Waals surface area contributed by atoms with Gasteiger partial charge in [-0.1, -0.05) is 13.8 Å². The highest BCUT2D eigenvalue weighted by Crippen LogP contribution is 2.43. The van der Waals surface area contributed by atoms with Gasteiger partial charge in [-0.2, -0.15) is 0 Å². The van der Waals surface area contributed by atoms with Crippen molar-refractivity contribution < 1.29 is 4.74 Å². The van der Waals surface area contributed by atoms with Gasteiger partial charge in [-0.25, -0.2) is 4.98 Å². The average molecular weight is 249 g/mol. The van der Waals surface area contributed by atoms with E-state index in [0.29, 0.717) is 23.3 Å². The Kier molecular flexibility index (Phi) is 2.66. The van der Waals surface area contributed by atoms with Crippen LogP contribution in [0.5, 0.6) is 0 Å². The highest BCUT2D eigenvalue weighted by Gasteiger charge is 2.42. The molecule has 3 heterocycles. The summed E-state index contributed by atoms with van der Waals surface area (Å²) in [5, 5.41) is 0. The smallest absolute Gasteiger partial charge is 0.256 e. The predicted molar refractivity (Wildman–Crippen MR) is 68.6 cm³/mol. The van der Waals surface area contributed by atoms with Gasteiger partial charge in [0.15, 0.2) is 0 Å². The molecule has 0 spiro atoms. The van der Waals surface area contributed by atoms with E-state index in [1.165, 1.54) is 0 Å². The van der Waals surface area contributed by atoms with Crippen LogP contribution in [0.2, 0.25) is 0 Å². The molecule has 2 aliphatic rings. The number of nitrogens with two attached hydrogens (primary N) is 1. The zero-order valence-corrected chi connectivity index (χ0v) is 10.8. The summed E-state index contributed by atoms with van der Waals surface area (Å²) < 4.78 is 5.79. The summed E-state index contributed by atoms with van der Waals surface area (Å²) in [6, 6.07) is 0. The molecule has 18 heavy (non-hydrogen) atoms. The highest BCUT2D eigenvalue weighted by molar-refractivity contribution is 5.40. The molecule has 2 aliphatic heterocycles. The lowest BCUT2D eigenvalue weighted by atomic mass is 9.88. The van der Waals surface area contributed by atoms with Gasteiger partial charge in [-0.15, -0.1) is 0 Å². The van der Waals surface area contributed by atoms with Crippen LogP contribution in [0.15, 0.2) is 4.79 Å². The highest BCUT2D eigenvalue weighted by atomic mass is 16.5. The Bertz CT molecular complexity index is 523. The summed E-state index contributed by atoms with van der Waals surface area (Å²) in [6.45, 7) is 3.89. The van der Waals surface area contributed by atoms with Gasteiger partial charge >= 0.3 is 0 Å². The normalized spacial score (nSPS) is 30.3. The molecular weight excluding hydrogens is 230 g/mol. The van der Waals surface area contributed by atoms with Crippen LogP contribution in [0.4, 0.5) is 5.82 Å². The van der Waals surface area contributed by atoms with Gasteiger partial charge in [0.2, 0.25) is 0 Å². The SMILES string of the molecule is CC(C)c1c(N)nc(C2CC3CCC2O3)[nH]c1=O. The number of rotatable bonds is 2. The molecule has 5 heteroatoms. The molecule has 3 atom stereocenters. The molecule has 0 aromatic carbocycles. The third-order valence-corrected chi connectivity index (χ3v) is 4.04. The largest absolute Gasteiger partial charge is 0.383 e. The fourth-order valence-corrected chi connectivity index (χ4v) is 3.18. The maximum absolute atomic E-state index is 12.0. The molecule has 1 aromatic heterocycles. The summed E-state index contributed by atoms with van der Waals surface area (Å²) in [6.07, 6.45) is 3.70. The van der Waals surface area contributed by atoms with Crippen LogP contribution in [0.1, 0.15) is 56.3 Å². The molecule has 3 unspecified atom stereocenters. The van der Waals surface area contributed by atoms with Crippen molar-refractivity contribution in [1.82, 2.24) is 9.97 Å². The zero-order valence-electron chi connectivity index (χ0n) is 10.8. The van der Waals surface area contributed by atoms with Crippen molar-refractivity contribution in [3.05, 3.63) is 21.7 Å². The lowest BCUT2D eigenvalue weighted by Crippen LogP contribution is -2.25. The van der Waals surface area contributed by atoms with Crippen LogP contribution in [-0.2, 0) is 4.74 Å². The number of fused-ring (bicyclic) bond motifs is 2. The lowest BCUT2D eigenvalue weighted by Gasteiger charge is -2.18. The molecule has 3 rings (SSSR count). The van der Waals surface area contributed by atoms with Gasteiger partial charge in [-0.05, 0) is 25.2 Å². The number of hydrogen-bond acceptors (Lipinski definition) is 4. The van der Waals surface area contributed by atoms with E-state index in [9.17, 15) is 4.79 Å². The van der Waals surface area contributed by atoms with Crippen LogP contribution >= 0.6 is 0 Å². The molecule has 2 fully saturated rings. The molecule has 5 nitrogen and oxygen atoms in total. The number of H-pyrrole nitrogens is 1. The van der Waals surface area contributed by atoms with Crippen LogP contribution < -0.4 is 11.3 Å². The standard InChI is InChI=1S/C13H19N3O2/c1-6(2)10-11(14)15-12(16-13(10)17)8-5-7-3-4-9(8)18-7/h6-9H,3-5H2,1-2H3,(H3,14,15,16,17). The topological polar surface area (TPSA) is 81.0 Å². The second-order valence-corrected chi connectivity index (χ2v) is 5.62. The second-order valence-electron chi connectivity index (χ2n) is 5.62. The monoisotopic (exact) mass is 249 g/mol. The Hall–Kier alpha value is -1.36. The molecule has 0 aliphatic carbocycles. The Morgan fingerprint density at radius 2 is 2.22 bits per heavy atom. The van der Waals surface area contributed by atoms with E-state index in [1.54, 1.807) is 0 Å². The number of nitrogens with one attached hydrogen (secondary N) is 1. The number of nitrogens with zero attached hydrogens (tertiary/aromatic N) is 1. The van der Waals surface area contributed by atoms with E-state index < -0.39 is 0 Å². The van der Waals surface area contributed by atoms with Gasteiger partial charge < -0.3 is 15.5 Å². The zero-order chi connectivity index (χ0) is 12.9. The number of nitrogen functional groups attached to an aromatic ring is 1. The van der Waals surface area contributed by atoms with E-state index >= 15 is 0 Å². The van der Waals surface area contributed by atoms with Crippen molar-refractivity contribution in [3.8, 4) is 0 Å². The van der Waals surface area contributed by atoms with E-state index in [4.69, 9.17) is 10.5 Å². The summed E-state index contributed by atoms with van der Waals surface area (Å²) in [5.41, 5.74) is 6.40. The maximum atomic E-state index is 12.0. The number of aromatic amines is 1. The van der Waals surface area contributed by atoms with Gasteiger partial charge in [0.1, 0.15) is 11.6 Å². The van der Waals surface area contributed by atoms with Gasteiger partial charge in [-0.3, -0.25) is 4.79 Å². The van der Waals surface area contributed by atoms with E-state index in [2.05, 4.69) is 9.97 Å². The molecule has 98 valence electrons. The molecule has 0 saturated carbocycles. The minimum absolute atomic E-state index is 0.0894. The first kappa shape index (κ1) is 11.7. The van der Waals surface area contributed by atoms with Crippen molar-refractivity contribution in [1.29, 1.82) is 0 Å². The van der Waals surface area contributed by atoms with Crippen LogP contribution in [-0.4, -0.2) is 22.2 Å².